The lowest BCUT2D eigenvalue weighted by Crippen LogP contribution is -1.97. The van der Waals surface area contributed by atoms with Crippen molar-refractivity contribution in [1.82, 2.24) is 4.98 Å². The van der Waals surface area contributed by atoms with Gasteiger partial charge >= 0.3 is 0 Å². The van der Waals surface area contributed by atoms with Crippen LogP contribution in [-0.4, -0.2) is 10.1 Å². The summed E-state index contributed by atoms with van der Waals surface area (Å²) in [6.07, 6.45) is 1.27. The van der Waals surface area contributed by atoms with E-state index in [1.54, 1.807) is 22.7 Å². The van der Waals surface area contributed by atoms with Crippen molar-refractivity contribution in [2.75, 3.05) is 0 Å². The van der Waals surface area contributed by atoms with Gasteiger partial charge in [0.25, 0.3) is 0 Å². The average molecular weight is 253 g/mol. The zero-order valence-corrected chi connectivity index (χ0v) is 11.1. The molecule has 0 bridgehead atoms. The number of rotatable bonds is 4. The van der Waals surface area contributed by atoms with Crippen molar-refractivity contribution in [1.29, 1.82) is 0 Å². The summed E-state index contributed by atoms with van der Waals surface area (Å²) in [5.41, 5.74) is 1.12. The third-order valence-electron chi connectivity index (χ3n) is 2.58. The van der Waals surface area contributed by atoms with Crippen molar-refractivity contribution >= 4 is 22.7 Å². The second kappa shape index (κ2) is 5.08. The molecule has 1 unspecified atom stereocenters. The monoisotopic (exact) mass is 253 g/mol. The molecule has 0 spiro atoms. The summed E-state index contributed by atoms with van der Waals surface area (Å²) in [6, 6.07) is 3.95. The van der Waals surface area contributed by atoms with E-state index in [0.29, 0.717) is 0 Å². The summed E-state index contributed by atoms with van der Waals surface area (Å²) in [5.74, 6) is 0. The number of nitrogens with zero attached hydrogens (tertiary/aromatic N) is 1. The van der Waals surface area contributed by atoms with Gasteiger partial charge in [-0.25, -0.2) is 4.98 Å². The molecule has 2 heterocycles. The second-order valence-corrected chi connectivity index (χ2v) is 6.09. The van der Waals surface area contributed by atoms with Crippen molar-refractivity contribution in [2.24, 2.45) is 0 Å². The summed E-state index contributed by atoms with van der Waals surface area (Å²) < 4.78 is 0. The van der Waals surface area contributed by atoms with Crippen molar-refractivity contribution in [3.05, 3.63) is 38.0 Å². The highest BCUT2D eigenvalue weighted by molar-refractivity contribution is 7.11. The summed E-state index contributed by atoms with van der Waals surface area (Å²) in [4.78, 5) is 6.80. The number of aliphatic hydroxyl groups excluding tert-OH is 1. The molecule has 4 heteroatoms. The molecule has 2 aromatic heterocycles. The van der Waals surface area contributed by atoms with Gasteiger partial charge in [0.1, 0.15) is 0 Å². The first-order valence-electron chi connectivity index (χ1n) is 5.31. The largest absolute Gasteiger partial charge is 0.388 e. The SMILES string of the molecule is Cc1nc(CCC(O)c2cccs2)sc1C. The van der Waals surface area contributed by atoms with Crippen molar-refractivity contribution in [3.8, 4) is 0 Å². The Labute approximate surface area is 104 Å². The Balaban J connectivity index is 1.92. The van der Waals surface area contributed by atoms with E-state index in [1.165, 1.54) is 4.88 Å². The van der Waals surface area contributed by atoms with Gasteiger partial charge in [0, 0.05) is 16.2 Å². The van der Waals surface area contributed by atoms with E-state index in [4.69, 9.17) is 0 Å². The maximum absolute atomic E-state index is 9.93. The normalized spacial score (nSPS) is 12.9. The van der Waals surface area contributed by atoms with E-state index in [9.17, 15) is 5.11 Å². The predicted molar refractivity (Wildman–Crippen MR) is 69.2 cm³/mol. The van der Waals surface area contributed by atoms with Crippen LogP contribution < -0.4 is 0 Å². The van der Waals surface area contributed by atoms with Crippen LogP contribution in [0.1, 0.15) is 33.0 Å². The molecule has 1 atom stereocenters. The Kier molecular flexibility index (Phi) is 3.74. The topological polar surface area (TPSA) is 33.1 Å². The molecule has 0 aromatic carbocycles. The highest BCUT2D eigenvalue weighted by atomic mass is 32.1. The molecule has 0 fully saturated rings. The van der Waals surface area contributed by atoms with Crippen LogP contribution in [0.3, 0.4) is 0 Å². The van der Waals surface area contributed by atoms with Gasteiger partial charge in [0.2, 0.25) is 0 Å². The molecule has 86 valence electrons. The van der Waals surface area contributed by atoms with Crippen LogP contribution in [0.25, 0.3) is 0 Å². The number of aliphatic hydroxyl groups is 1. The van der Waals surface area contributed by atoms with Gasteiger partial charge in [-0.3, -0.25) is 0 Å². The van der Waals surface area contributed by atoms with Gasteiger partial charge in [-0.1, -0.05) is 6.07 Å². The van der Waals surface area contributed by atoms with Crippen molar-refractivity contribution in [3.63, 3.8) is 0 Å². The summed E-state index contributed by atoms with van der Waals surface area (Å²) >= 11 is 3.34. The first-order valence-corrected chi connectivity index (χ1v) is 7.01. The van der Waals surface area contributed by atoms with Gasteiger partial charge in [0.05, 0.1) is 16.8 Å². The van der Waals surface area contributed by atoms with Crippen LogP contribution in [0, 0.1) is 13.8 Å². The minimum atomic E-state index is -0.343. The first kappa shape index (κ1) is 11.8. The molecule has 0 aliphatic heterocycles. The van der Waals surface area contributed by atoms with Crippen LogP contribution in [0.4, 0.5) is 0 Å². The standard InChI is InChI=1S/C12H15NOS2/c1-8-9(2)16-12(13-8)6-5-10(14)11-4-3-7-15-11/h3-4,7,10,14H,5-6H2,1-2H3. The van der Waals surface area contributed by atoms with E-state index in [0.717, 1.165) is 28.4 Å². The molecular weight excluding hydrogens is 238 g/mol. The summed E-state index contributed by atoms with van der Waals surface area (Å²) in [6.45, 7) is 4.12. The lowest BCUT2D eigenvalue weighted by Gasteiger charge is -2.06. The maximum atomic E-state index is 9.93. The molecule has 2 rings (SSSR count). The molecule has 0 aliphatic rings. The number of thiazole rings is 1. The quantitative estimate of drug-likeness (QED) is 0.905. The van der Waals surface area contributed by atoms with Crippen LogP contribution in [-0.2, 0) is 6.42 Å². The number of thiophene rings is 1. The van der Waals surface area contributed by atoms with E-state index in [1.807, 2.05) is 24.4 Å². The Morgan fingerprint density at radius 1 is 1.44 bits per heavy atom. The average Bonchev–Trinajstić information content (AvgIpc) is 2.86. The second-order valence-electron chi connectivity index (χ2n) is 3.82. The molecule has 0 saturated heterocycles. The fourth-order valence-electron chi connectivity index (χ4n) is 1.53. The molecule has 0 saturated carbocycles. The maximum Gasteiger partial charge on any atom is 0.0931 e. The zero-order valence-electron chi connectivity index (χ0n) is 9.43. The lowest BCUT2D eigenvalue weighted by atomic mass is 10.2. The van der Waals surface area contributed by atoms with E-state index < -0.39 is 0 Å². The Bertz CT molecular complexity index is 428. The van der Waals surface area contributed by atoms with Crippen LogP contribution in [0.5, 0.6) is 0 Å². The summed E-state index contributed by atoms with van der Waals surface area (Å²) in [7, 11) is 0. The number of hydrogen-bond acceptors (Lipinski definition) is 4. The smallest absolute Gasteiger partial charge is 0.0931 e. The Morgan fingerprint density at radius 3 is 2.81 bits per heavy atom. The van der Waals surface area contributed by atoms with Gasteiger partial charge in [0.15, 0.2) is 0 Å². The first-order chi connectivity index (χ1) is 7.66. The number of aromatic nitrogens is 1. The molecule has 2 aromatic rings. The zero-order chi connectivity index (χ0) is 11.5. The van der Waals surface area contributed by atoms with Crippen LogP contribution in [0.15, 0.2) is 17.5 Å². The number of hydrogen-bond donors (Lipinski definition) is 1. The van der Waals surface area contributed by atoms with E-state index in [2.05, 4.69) is 11.9 Å². The third kappa shape index (κ3) is 2.70. The molecule has 0 amide bonds. The minimum absolute atomic E-state index is 0.343. The van der Waals surface area contributed by atoms with E-state index in [-0.39, 0.29) is 6.10 Å². The molecule has 0 aliphatic carbocycles. The third-order valence-corrected chi connectivity index (χ3v) is 4.68. The fraction of sp³-hybridized carbons (Fsp3) is 0.417. The Hall–Kier alpha value is -0.710. The van der Waals surface area contributed by atoms with Crippen molar-refractivity contribution in [2.45, 2.75) is 32.8 Å². The summed E-state index contributed by atoms with van der Waals surface area (Å²) in [5, 5.41) is 13.1. The Morgan fingerprint density at radius 2 is 2.25 bits per heavy atom. The molecule has 16 heavy (non-hydrogen) atoms. The molecule has 2 nitrogen and oxygen atoms in total. The van der Waals surface area contributed by atoms with Crippen molar-refractivity contribution < 1.29 is 5.11 Å². The molecule has 0 radical (unpaired) electrons. The van der Waals surface area contributed by atoms with Gasteiger partial charge in [-0.2, -0.15) is 0 Å². The molecule has 1 N–H and O–H groups in total. The molecular formula is C12H15NOS2. The van der Waals surface area contributed by atoms with Crippen LogP contribution >= 0.6 is 22.7 Å². The van der Waals surface area contributed by atoms with Gasteiger partial charge in [-0.15, -0.1) is 22.7 Å². The van der Waals surface area contributed by atoms with Crippen LogP contribution in [0.2, 0.25) is 0 Å². The fourth-order valence-corrected chi connectivity index (χ4v) is 3.23. The lowest BCUT2D eigenvalue weighted by molar-refractivity contribution is 0.171. The van der Waals surface area contributed by atoms with E-state index >= 15 is 0 Å². The predicted octanol–water partition coefficient (Wildman–Crippen LogP) is 3.49. The van der Waals surface area contributed by atoms with Gasteiger partial charge < -0.3 is 5.11 Å². The van der Waals surface area contributed by atoms with Gasteiger partial charge in [-0.05, 0) is 31.7 Å². The highest BCUT2D eigenvalue weighted by Crippen LogP contribution is 2.25. The minimum Gasteiger partial charge on any atom is -0.388 e. The highest BCUT2D eigenvalue weighted by Gasteiger charge is 2.10. The number of aryl methyl sites for hydroxylation is 3.